The molecular formula is C24H29N. The molecule has 2 atom stereocenters. The molecule has 0 bridgehead atoms. The molecule has 1 heterocycles. The van der Waals surface area contributed by atoms with E-state index in [4.69, 9.17) is 0 Å². The van der Waals surface area contributed by atoms with E-state index in [1.165, 1.54) is 39.8 Å². The van der Waals surface area contributed by atoms with Gasteiger partial charge in [0.25, 0.3) is 0 Å². The summed E-state index contributed by atoms with van der Waals surface area (Å²) in [4.78, 5) is 0. The van der Waals surface area contributed by atoms with Gasteiger partial charge < -0.3 is 5.32 Å². The van der Waals surface area contributed by atoms with Gasteiger partial charge >= 0.3 is 0 Å². The molecular weight excluding hydrogens is 302 g/mol. The van der Waals surface area contributed by atoms with Gasteiger partial charge in [-0.1, -0.05) is 68.8 Å². The van der Waals surface area contributed by atoms with Crippen molar-refractivity contribution < 1.29 is 0 Å². The molecule has 0 amide bonds. The van der Waals surface area contributed by atoms with Crippen LogP contribution in [0.4, 0.5) is 0 Å². The van der Waals surface area contributed by atoms with E-state index in [9.17, 15) is 0 Å². The largest absolute Gasteiger partial charge is 0.380 e. The van der Waals surface area contributed by atoms with Crippen molar-refractivity contribution in [3.63, 3.8) is 0 Å². The summed E-state index contributed by atoms with van der Waals surface area (Å²) in [6.45, 7) is 9.00. The predicted molar refractivity (Wildman–Crippen MR) is 108 cm³/mol. The fourth-order valence-corrected chi connectivity index (χ4v) is 3.54. The number of hydrogen-bond donors (Lipinski definition) is 1. The molecule has 2 aromatic rings. The molecule has 25 heavy (non-hydrogen) atoms. The van der Waals surface area contributed by atoms with E-state index < -0.39 is 0 Å². The highest BCUT2D eigenvalue weighted by Crippen LogP contribution is 2.33. The fourth-order valence-electron chi connectivity index (χ4n) is 3.54. The summed E-state index contributed by atoms with van der Waals surface area (Å²) in [5, 5.41) is 3.61. The van der Waals surface area contributed by atoms with Crippen LogP contribution in [0.5, 0.6) is 0 Å². The van der Waals surface area contributed by atoms with Crippen LogP contribution in [0.25, 0.3) is 11.1 Å². The first-order valence-corrected chi connectivity index (χ1v) is 9.37. The molecule has 1 aliphatic heterocycles. The summed E-state index contributed by atoms with van der Waals surface area (Å²) >= 11 is 0. The minimum Gasteiger partial charge on any atom is -0.380 e. The van der Waals surface area contributed by atoms with Crippen LogP contribution < -0.4 is 5.32 Å². The molecule has 3 rings (SSSR count). The Balaban J connectivity index is 2.04. The van der Waals surface area contributed by atoms with Gasteiger partial charge in [-0.05, 0) is 65.7 Å². The van der Waals surface area contributed by atoms with Gasteiger partial charge in [0.15, 0.2) is 0 Å². The zero-order valence-electron chi connectivity index (χ0n) is 15.8. The smallest absolute Gasteiger partial charge is 0.0725 e. The first-order chi connectivity index (χ1) is 12.1. The standard InChI is InChI=1S/C24H29N/c1-5-17(2)14-22-12-11-21(20-9-7-6-8-10-20)15-23(22)24-19(4)13-18(3)16-25-24/h6-13,15-17,24-25H,5,14H2,1-4H3/t17-,24?/m0/s1. The number of nitrogens with one attached hydrogen (secondary N) is 1. The summed E-state index contributed by atoms with van der Waals surface area (Å²) in [5.74, 6) is 0.700. The Morgan fingerprint density at radius 2 is 1.76 bits per heavy atom. The maximum atomic E-state index is 3.61. The van der Waals surface area contributed by atoms with Crippen molar-refractivity contribution in [2.75, 3.05) is 0 Å². The van der Waals surface area contributed by atoms with Crippen LogP contribution in [0.2, 0.25) is 0 Å². The number of dihydropyridines is 1. The molecule has 0 aliphatic carbocycles. The van der Waals surface area contributed by atoms with E-state index in [2.05, 4.69) is 93.8 Å². The van der Waals surface area contributed by atoms with Gasteiger partial charge in [-0.2, -0.15) is 0 Å². The molecule has 130 valence electrons. The zero-order chi connectivity index (χ0) is 17.8. The molecule has 1 N–H and O–H groups in total. The first kappa shape index (κ1) is 17.5. The van der Waals surface area contributed by atoms with E-state index in [0.717, 1.165) is 6.42 Å². The predicted octanol–water partition coefficient (Wildman–Crippen LogP) is 6.44. The minimum absolute atomic E-state index is 0.270. The van der Waals surface area contributed by atoms with Gasteiger partial charge in [0.2, 0.25) is 0 Å². The Morgan fingerprint density at radius 1 is 1.00 bits per heavy atom. The van der Waals surface area contributed by atoms with Gasteiger partial charge in [0.1, 0.15) is 0 Å². The van der Waals surface area contributed by atoms with E-state index >= 15 is 0 Å². The second-order valence-corrected chi connectivity index (χ2v) is 7.37. The van der Waals surface area contributed by atoms with Crippen LogP contribution in [-0.4, -0.2) is 0 Å². The second kappa shape index (κ2) is 7.74. The molecule has 1 heteroatoms. The molecule has 2 aromatic carbocycles. The van der Waals surface area contributed by atoms with Crippen LogP contribution in [0.15, 0.2) is 72.0 Å². The highest BCUT2D eigenvalue weighted by molar-refractivity contribution is 5.65. The summed E-state index contributed by atoms with van der Waals surface area (Å²) in [6, 6.07) is 17.9. The molecule has 1 aliphatic rings. The zero-order valence-corrected chi connectivity index (χ0v) is 15.8. The average molecular weight is 332 g/mol. The van der Waals surface area contributed by atoms with E-state index in [1.807, 2.05) is 0 Å². The Bertz CT molecular complexity index is 783. The van der Waals surface area contributed by atoms with Gasteiger partial charge in [-0.3, -0.25) is 0 Å². The number of allylic oxidation sites excluding steroid dienone is 2. The van der Waals surface area contributed by atoms with E-state index in [0.29, 0.717) is 5.92 Å². The molecule has 0 aromatic heterocycles. The van der Waals surface area contributed by atoms with Crippen LogP contribution in [0.1, 0.15) is 51.3 Å². The molecule has 0 saturated carbocycles. The van der Waals surface area contributed by atoms with Crippen molar-refractivity contribution in [3.05, 3.63) is 83.1 Å². The Kier molecular flexibility index (Phi) is 5.43. The normalized spacial score (nSPS) is 18.2. The van der Waals surface area contributed by atoms with Crippen LogP contribution in [0, 0.1) is 5.92 Å². The van der Waals surface area contributed by atoms with Crippen molar-refractivity contribution in [2.45, 2.75) is 46.6 Å². The summed E-state index contributed by atoms with van der Waals surface area (Å²) < 4.78 is 0. The SMILES string of the molecule is CC[C@H](C)Cc1ccc(-c2ccccc2)cc1C1NC=C(C)C=C1C. The number of hydrogen-bond acceptors (Lipinski definition) is 1. The molecule has 1 unspecified atom stereocenters. The number of benzene rings is 2. The monoisotopic (exact) mass is 331 g/mol. The summed E-state index contributed by atoms with van der Waals surface area (Å²) in [5.41, 5.74) is 8.13. The molecule has 0 radical (unpaired) electrons. The molecule has 0 saturated heterocycles. The Morgan fingerprint density at radius 3 is 2.44 bits per heavy atom. The lowest BCUT2D eigenvalue weighted by Crippen LogP contribution is -2.22. The van der Waals surface area contributed by atoms with Crippen molar-refractivity contribution in [3.8, 4) is 11.1 Å². The van der Waals surface area contributed by atoms with Crippen LogP contribution in [0.3, 0.4) is 0 Å². The maximum absolute atomic E-state index is 3.61. The van der Waals surface area contributed by atoms with Crippen molar-refractivity contribution >= 4 is 0 Å². The lowest BCUT2D eigenvalue weighted by Gasteiger charge is -2.27. The lowest BCUT2D eigenvalue weighted by molar-refractivity contribution is 0.553. The summed E-state index contributed by atoms with van der Waals surface area (Å²) in [6.07, 6.45) is 6.78. The third-order valence-corrected chi connectivity index (χ3v) is 5.22. The van der Waals surface area contributed by atoms with Crippen molar-refractivity contribution in [1.82, 2.24) is 5.32 Å². The van der Waals surface area contributed by atoms with Gasteiger partial charge in [-0.15, -0.1) is 0 Å². The highest BCUT2D eigenvalue weighted by Gasteiger charge is 2.20. The summed E-state index contributed by atoms with van der Waals surface area (Å²) in [7, 11) is 0. The Labute approximate surface area is 152 Å². The lowest BCUT2D eigenvalue weighted by atomic mass is 9.86. The van der Waals surface area contributed by atoms with Crippen molar-refractivity contribution in [2.24, 2.45) is 5.92 Å². The topological polar surface area (TPSA) is 12.0 Å². The Hall–Kier alpha value is -2.28. The first-order valence-electron chi connectivity index (χ1n) is 9.37. The fraction of sp³-hybridized carbons (Fsp3) is 0.333. The third kappa shape index (κ3) is 4.04. The van der Waals surface area contributed by atoms with Crippen molar-refractivity contribution in [1.29, 1.82) is 0 Å². The average Bonchev–Trinajstić information content (AvgIpc) is 2.63. The second-order valence-electron chi connectivity index (χ2n) is 7.37. The minimum atomic E-state index is 0.270. The van der Waals surface area contributed by atoms with E-state index in [-0.39, 0.29) is 6.04 Å². The highest BCUT2D eigenvalue weighted by atomic mass is 14.9. The molecule has 0 spiro atoms. The van der Waals surface area contributed by atoms with Gasteiger partial charge in [0.05, 0.1) is 6.04 Å². The van der Waals surface area contributed by atoms with Crippen LogP contribution >= 0.6 is 0 Å². The maximum Gasteiger partial charge on any atom is 0.0725 e. The van der Waals surface area contributed by atoms with E-state index in [1.54, 1.807) is 0 Å². The number of rotatable bonds is 5. The van der Waals surface area contributed by atoms with Gasteiger partial charge in [-0.25, -0.2) is 0 Å². The quantitative estimate of drug-likeness (QED) is 0.665. The van der Waals surface area contributed by atoms with Crippen LogP contribution in [-0.2, 0) is 6.42 Å². The third-order valence-electron chi connectivity index (χ3n) is 5.22. The molecule has 0 fully saturated rings. The molecule has 1 nitrogen and oxygen atoms in total. The van der Waals surface area contributed by atoms with Gasteiger partial charge in [0, 0.05) is 6.20 Å².